The minimum absolute atomic E-state index is 0.0283. The zero-order valence-electron chi connectivity index (χ0n) is 19.5. The van der Waals surface area contributed by atoms with Gasteiger partial charge >= 0.3 is 6.03 Å². The third-order valence-electron chi connectivity index (χ3n) is 5.20. The normalized spacial score (nSPS) is 11.0. The van der Waals surface area contributed by atoms with E-state index in [1.54, 1.807) is 16.5 Å². The van der Waals surface area contributed by atoms with Crippen molar-refractivity contribution in [2.75, 3.05) is 11.9 Å². The fraction of sp³-hybridized carbons (Fsp3) is 0.360. The number of carbonyl (C=O) groups excluding carboxylic acids is 2. The van der Waals surface area contributed by atoms with Gasteiger partial charge in [0.1, 0.15) is 10.7 Å². The highest BCUT2D eigenvalue weighted by molar-refractivity contribution is 7.09. The van der Waals surface area contributed by atoms with E-state index in [1.807, 2.05) is 56.3 Å². The Kier molecular flexibility index (Phi) is 8.54. The number of benzene rings is 1. The fourth-order valence-electron chi connectivity index (χ4n) is 3.21. The summed E-state index contributed by atoms with van der Waals surface area (Å²) in [6, 6.07) is 13.4. The highest BCUT2D eigenvalue weighted by Crippen LogP contribution is 2.19. The molecule has 2 N–H and O–H groups in total. The zero-order valence-corrected chi connectivity index (χ0v) is 20.4. The van der Waals surface area contributed by atoms with Gasteiger partial charge in [-0.15, -0.1) is 11.3 Å². The van der Waals surface area contributed by atoms with E-state index in [-0.39, 0.29) is 18.0 Å². The molecule has 0 aliphatic heterocycles. The third-order valence-corrected chi connectivity index (χ3v) is 6.03. The number of nitrogens with one attached hydrogen (secondary N) is 2. The summed E-state index contributed by atoms with van der Waals surface area (Å²) >= 11 is 1.38. The molecule has 174 valence electrons. The molecule has 3 amide bonds. The van der Waals surface area contributed by atoms with Crippen LogP contribution in [0, 0.1) is 0 Å². The maximum absolute atomic E-state index is 12.9. The van der Waals surface area contributed by atoms with Crippen LogP contribution >= 0.6 is 11.3 Å². The summed E-state index contributed by atoms with van der Waals surface area (Å²) in [5.41, 5.74) is 3.27. The van der Waals surface area contributed by atoms with Crippen LogP contribution in [0.25, 0.3) is 0 Å². The van der Waals surface area contributed by atoms with Crippen molar-refractivity contribution in [1.82, 2.24) is 20.2 Å². The van der Waals surface area contributed by atoms with Crippen molar-refractivity contribution in [3.05, 3.63) is 76.0 Å². The van der Waals surface area contributed by atoms with Gasteiger partial charge in [0.15, 0.2) is 0 Å². The van der Waals surface area contributed by atoms with Crippen molar-refractivity contribution in [2.24, 2.45) is 0 Å². The van der Waals surface area contributed by atoms with Crippen LogP contribution in [0.2, 0.25) is 0 Å². The SMILES string of the molecule is CC(C)c1ccc(NC(=O)N(Cc2nc(C(=O)NCCc3ccccn3)cs2)C(C)C)cc1. The van der Waals surface area contributed by atoms with E-state index in [0.29, 0.717) is 36.1 Å². The number of rotatable bonds is 9. The number of amides is 3. The topological polar surface area (TPSA) is 87.2 Å². The number of aromatic nitrogens is 2. The molecule has 0 aliphatic carbocycles. The van der Waals surface area contributed by atoms with E-state index in [4.69, 9.17) is 0 Å². The lowest BCUT2D eigenvalue weighted by Crippen LogP contribution is -2.39. The molecule has 0 bridgehead atoms. The van der Waals surface area contributed by atoms with Crippen LogP contribution in [0.4, 0.5) is 10.5 Å². The predicted molar refractivity (Wildman–Crippen MR) is 133 cm³/mol. The molecule has 0 spiro atoms. The molecule has 2 aromatic heterocycles. The Morgan fingerprint density at radius 1 is 1.06 bits per heavy atom. The molecule has 0 radical (unpaired) electrons. The largest absolute Gasteiger partial charge is 0.350 e. The van der Waals surface area contributed by atoms with Gasteiger partial charge in [0, 0.05) is 42.0 Å². The highest BCUT2D eigenvalue weighted by Gasteiger charge is 2.20. The van der Waals surface area contributed by atoms with E-state index in [0.717, 1.165) is 11.4 Å². The van der Waals surface area contributed by atoms with Crippen LogP contribution in [0.5, 0.6) is 0 Å². The lowest BCUT2D eigenvalue weighted by molar-refractivity contribution is 0.0949. The van der Waals surface area contributed by atoms with E-state index < -0.39 is 0 Å². The van der Waals surface area contributed by atoms with E-state index in [9.17, 15) is 9.59 Å². The lowest BCUT2D eigenvalue weighted by atomic mass is 10.0. The summed E-state index contributed by atoms with van der Waals surface area (Å²) in [5, 5.41) is 8.28. The molecular formula is C25H31N5O2S. The number of hydrogen-bond acceptors (Lipinski definition) is 5. The quantitative estimate of drug-likeness (QED) is 0.461. The van der Waals surface area contributed by atoms with Crippen molar-refractivity contribution in [3.8, 4) is 0 Å². The Labute approximate surface area is 199 Å². The molecule has 0 atom stereocenters. The van der Waals surface area contributed by atoms with Crippen molar-refractivity contribution < 1.29 is 9.59 Å². The molecule has 7 nitrogen and oxygen atoms in total. The average Bonchev–Trinajstić information content (AvgIpc) is 3.27. The first-order chi connectivity index (χ1) is 15.8. The van der Waals surface area contributed by atoms with Crippen LogP contribution in [0.15, 0.2) is 54.0 Å². The number of thiazole rings is 1. The van der Waals surface area contributed by atoms with Crippen LogP contribution in [-0.4, -0.2) is 39.4 Å². The van der Waals surface area contributed by atoms with Crippen LogP contribution < -0.4 is 10.6 Å². The Morgan fingerprint density at radius 2 is 1.82 bits per heavy atom. The summed E-state index contributed by atoms with van der Waals surface area (Å²) in [5.74, 6) is 0.215. The average molecular weight is 466 g/mol. The van der Waals surface area contributed by atoms with Gasteiger partial charge in [-0.25, -0.2) is 9.78 Å². The molecule has 8 heteroatoms. The molecule has 3 rings (SSSR count). The first kappa shape index (κ1) is 24.4. The van der Waals surface area contributed by atoms with Crippen LogP contribution in [-0.2, 0) is 13.0 Å². The second-order valence-electron chi connectivity index (χ2n) is 8.38. The van der Waals surface area contributed by atoms with Crippen molar-refractivity contribution in [1.29, 1.82) is 0 Å². The fourth-order valence-corrected chi connectivity index (χ4v) is 3.98. The smallest absolute Gasteiger partial charge is 0.322 e. The molecule has 33 heavy (non-hydrogen) atoms. The number of carbonyl (C=O) groups is 2. The number of anilines is 1. The van der Waals surface area contributed by atoms with Gasteiger partial charge in [-0.3, -0.25) is 9.78 Å². The molecule has 0 saturated heterocycles. The minimum atomic E-state index is -0.223. The van der Waals surface area contributed by atoms with E-state index >= 15 is 0 Å². The zero-order chi connectivity index (χ0) is 23.8. The molecular weight excluding hydrogens is 434 g/mol. The van der Waals surface area contributed by atoms with E-state index in [2.05, 4.69) is 34.4 Å². The van der Waals surface area contributed by atoms with Gasteiger partial charge < -0.3 is 15.5 Å². The van der Waals surface area contributed by atoms with Gasteiger partial charge in [0.05, 0.1) is 6.54 Å². The first-order valence-electron chi connectivity index (χ1n) is 11.1. The second kappa shape index (κ2) is 11.6. The summed E-state index contributed by atoms with van der Waals surface area (Å²) in [4.78, 5) is 35.7. The summed E-state index contributed by atoms with van der Waals surface area (Å²) in [6.45, 7) is 9.01. The Balaban J connectivity index is 1.56. The molecule has 2 heterocycles. The molecule has 0 unspecified atom stereocenters. The van der Waals surface area contributed by atoms with Gasteiger partial charge in [0.2, 0.25) is 0 Å². The third kappa shape index (κ3) is 7.12. The minimum Gasteiger partial charge on any atom is -0.350 e. The van der Waals surface area contributed by atoms with Gasteiger partial charge in [-0.1, -0.05) is 32.0 Å². The van der Waals surface area contributed by atoms with Crippen molar-refractivity contribution in [2.45, 2.75) is 52.6 Å². The molecule has 1 aromatic carbocycles. The maximum atomic E-state index is 12.9. The molecule has 0 aliphatic rings. The van der Waals surface area contributed by atoms with Crippen LogP contribution in [0.3, 0.4) is 0 Å². The summed E-state index contributed by atoms with van der Waals surface area (Å²) < 4.78 is 0. The lowest BCUT2D eigenvalue weighted by Gasteiger charge is -2.26. The van der Waals surface area contributed by atoms with Crippen molar-refractivity contribution >= 4 is 29.0 Å². The second-order valence-corrected chi connectivity index (χ2v) is 9.32. The summed E-state index contributed by atoms with van der Waals surface area (Å²) in [6.07, 6.45) is 2.39. The Bertz CT molecular complexity index is 1050. The van der Waals surface area contributed by atoms with Crippen LogP contribution in [0.1, 0.15) is 60.4 Å². The van der Waals surface area contributed by atoms with Gasteiger partial charge in [-0.05, 0) is 49.6 Å². The van der Waals surface area contributed by atoms with Crippen molar-refractivity contribution in [3.63, 3.8) is 0 Å². The Morgan fingerprint density at radius 3 is 2.45 bits per heavy atom. The number of pyridine rings is 1. The van der Waals surface area contributed by atoms with E-state index in [1.165, 1.54) is 16.9 Å². The Hall–Kier alpha value is -3.26. The first-order valence-corrected chi connectivity index (χ1v) is 12.0. The molecule has 0 fully saturated rings. The highest BCUT2D eigenvalue weighted by atomic mass is 32.1. The number of nitrogens with zero attached hydrogens (tertiary/aromatic N) is 3. The monoisotopic (exact) mass is 465 g/mol. The number of hydrogen-bond donors (Lipinski definition) is 2. The standard InChI is InChI=1S/C25H31N5O2S/c1-17(2)19-8-10-21(11-9-19)28-25(32)30(18(3)4)15-23-29-22(16-33-23)24(31)27-14-12-20-7-5-6-13-26-20/h5-11,13,16-18H,12,14-15H2,1-4H3,(H,27,31)(H,28,32). The predicted octanol–water partition coefficient (Wildman–Crippen LogP) is 5.08. The summed E-state index contributed by atoms with van der Waals surface area (Å²) in [7, 11) is 0. The van der Waals surface area contributed by atoms with Gasteiger partial charge in [-0.2, -0.15) is 0 Å². The maximum Gasteiger partial charge on any atom is 0.322 e. The van der Waals surface area contributed by atoms with Gasteiger partial charge in [0.25, 0.3) is 5.91 Å². The molecule has 0 saturated carbocycles. The molecule has 3 aromatic rings. The number of urea groups is 1.